The zero-order valence-electron chi connectivity index (χ0n) is 18.9. The first-order chi connectivity index (χ1) is 17.3. The van der Waals surface area contributed by atoms with E-state index in [1.165, 1.54) is 19.1 Å². The summed E-state index contributed by atoms with van der Waals surface area (Å²) in [6, 6.07) is 25.5. The molecule has 0 aliphatic carbocycles. The Morgan fingerprint density at radius 2 is 1.53 bits per heavy atom. The Bertz CT molecular complexity index is 1510. The molecule has 2 N–H and O–H groups in total. The fourth-order valence-corrected chi connectivity index (χ4v) is 5.29. The monoisotopic (exact) mass is 536 g/mol. The molecule has 4 aromatic rings. The molecule has 4 aromatic carbocycles. The van der Waals surface area contributed by atoms with Crippen LogP contribution in [-0.4, -0.2) is 23.2 Å². The molecule has 9 heteroatoms. The lowest BCUT2D eigenvalue weighted by atomic mass is 9.92. The number of benzene rings is 4. The summed E-state index contributed by atoms with van der Waals surface area (Å²) in [6.07, 6.45) is 0. The van der Waals surface area contributed by atoms with Gasteiger partial charge in [-0.15, -0.1) is 0 Å². The average molecular weight is 538 g/mol. The summed E-state index contributed by atoms with van der Waals surface area (Å²) in [5, 5.41) is 14.3. The van der Waals surface area contributed by atoms with E-state index in [1.54, 1.807) is 12.1 Å². The number of halogens is 3. The van der Waals surface area contributed by atoms with E-state index in [2.05, 4.69) is 10.6 Å². The molecule has 1 unspecified atom stereocenters. The van der Waals surface area contributed by atoms with E-state index >= 15 is 0 Å². The van der Waals surface area contributed by atoms with Gasteiger partial charge in [0.2, 0.25) is 11.6 Å². The molecule has 0 spiro atoms. The highest BCUT2D eigenvalue weighted by Crippen LogP contribution is 2.41. The van der Waals surface area contributed by atoms with Gasteiger partial charge in [0.25, 0.3) is 0 Å². The van der Waals surface area contributed by atoms with Crippen molar-refractivity contribution in [3.63, 3.8) is 0 Å². The lowest BCUT2D eigenvalue weighted by Crippen LogP contribution is -2.64. The number of nitrogens with one attached hydrogen (secondary N) is 2. The number of carbonyl (C=O) groups excluding carboxylic acids is 2. The fraction of sp³-hybridized carbons (Fsp3) is 0.0741. The standard InChI is InChI=1S/C27H19Cl3N4O2/c1-16(35)31-27(32-19-10-3-2-4-11-19)25(21-13-7-9-17-8-5-6-12-20(17)21)33-34(26(27)36)24-22(29)14-18(28)15-23(24)30/h2-15,32H,1H3,(H,31,35). The van der Waals surface area contributed by atoms with Crippen molar-refractivity contribution in [3.05, 3.63) is 106 Å². The first kappa shape index (κ1) is 24.1. The maximum absolute atomic E-state index is 14.3. The Balaban J connectivity index is 1.80. The SMILES string of the molecule is CC(=O)NC1(Nc2ccccc2)C(=O)N(c2c(Cl)cc(Cl)cc2Cl)N=C1c1cccc2ccccc12. The topological polar surface area (TPSA) is 73.8 Å². The predicted molar refractivity (Wildman–Crippen MR) is 146 cm³/mol. The van der Waals surface area contributed by atoms with Crippen molar-refractivity contribution in [1.29, 1.82) is 0 Å². The number of hydrogen-bond acceptors (Lipinski definition) is 4. The Morgan fingerprint density at radius 1 is 0.889 bits per heavy atom. The lowest BCUT2D eigenvalue weighted by molar-refractivity contribution is -0.127. The van der Waals surface area contributed by atoms with Crippen LogP contribution in [0.2, 0.25) is 15.1 Å². The predicted octanol–water partition coefficient (Wildman–Crippen LogP) is 6.50. The molecule has 1 heterocycles. The summed E-state index contributed by atoms with van der Waals surface area (Å²) in [5.41, 5.74) is -0.0631. The number of rotatable bonds is 5. The molecule has 0 fully saturated rings. The van der Waals surface area contributed by atoms with E-state index in [-0.39, 0.29) is 21.4 Å². The highest BCUT2D eigenvalue weighted by Gasteiger charge is 2.54. The Hall–Kier alpha value is -3.58. The molecule has 5 rings (SSSR count). The minimum atomic E-state index is -1.76. The third-order valence-electron chi connectivity index (χ3n) is 5.78. The zero-order valence-corrected chi connectivity index (χ0v) is 21.2. The van der Waals surface area contributed by atoms with E-state index in [0.29, 0.717) is 16.3 Å². The normalized spacial score (nSPS) is 17.3. The summed E-state index contributed by atoms with van der Waals surface area (Å²) in [6.45, 7) is 1.34. The molecule has 0 saturated carbocycles. The maximum atomic E-state index is 14.3. The van der Waals surface area contributed by atoms with Crippen LogP contribution in [0.15, 0.2) is 90.0 Å². The van der Waals surface area contributed by atoms with Crippen molar-refractivity contribution in [2.75, 3.05) is 10.3 Å². The van der Waals surface area contributed by atoms with Crippen molar-refractivity contribution in [2.45, 2.75) is 12.6 Å². The van der Waals surface area contributed by atoms with Crippen LogP contribution >= 0.6 is 34.8 Å². The smallest absolute Gasteiger partial charge is 0.300 e. The van der Waals surface area contributed by atoms with Crippen LogP contribution in [0.1, 0.15) is 12.5 Å². The maximum Gasteiger partial charge on any atom is 0.300 e. The number of fused-ring (bicyclic) bond motifs is 1. The second-order valence-corrected chi connectivity index (χ2v) is 9.48. The summed E-state index contributed by atoms with van der Waals surface area (Å²) in [4.78, 5) is 26.8. The van der Waals surface area contributed by atoms with Gasteiger partial charge in [0.1, 0.15) is 11.4 Å². The average Bonchev–Trinajstić information content (AvgIpc) is 3.09. The van der Waals surface area contributed by atoms with E-state index in [0.717, 1.165) is 15.8 Å². The molecule has 180 valence electrons. The van der Waals surface area contributed by atoms with Crippen LogP contribution in [0.5, 0.6) is 0 Å². The summed E-state index contributed by atoms with van der Waals surface area (Å²) >= 11 is 19.1. The Labute approximate surface area is 222 Å². The molecule has 0 aromatic heterocycles. The molecule has 2 amide bonds. The molecule has 0 saturated heterocycles. The van der Waals surface area contributed by atoms with Crippen molar-refractivity contribution in [3.8, 4) is 0 Å². The Morgan fingerprint density at radius 3 is 2.22 bits per heavy atom. The molecule has 6 nitrogen and oxygen atoms in total. The van der Waals surface area contributed by atoms with Gasteiger partial charge in [0, 0.05) is 23.2 Å². The second-order valence-electron chi connectivity index (χ2n) is 8.23. The highest BCUT2D eigenvalue weighted by molar-refractivity contribution is 6.44. The summed E-state index contributed by atoms with van der Waals surface area (Å²) in [7, 11) is 0. The number of amides is 2. The van der Waals surface area contributed by atoms with E-state index in [4.69, 9.17) is 39.9 Å². The molecular formula is C27H19Cl3N4O2. The molecule has 1 aliphatic rings. The van der Waals surface area contributed by atoms with Crippen molar-refractivity contribution >= 4 is 74.5 Å². The van der Waals surface area contributed by atoms with Crippen LogP contribution in [0, 0.1) is 0 Å². The van der Waals surface area contributed by atoms with Crippen molar-refractivity contribution in [2.24, 2.45) is 5.10 Å². The number of hydrazone groups is 1. The lowest BCUT2D eigenvalue weighted by Gasteiger charge is -2.32. The number of nitrogens with zero attached hydrogens (tertiary/aromatic N) is 2. The van der Waals surface area contributed by atoms with Crippen LogP contribution in [-0.2, 0) is 9.59 Å². The Kier molecular flexibility index (Phi) is 6.35. The zero-order chi connectivity index (χ0) is 25.4. The van der Waals surface area contributed by atoms with Crippen molar-refractivity contribution < 1.29 is 9.59 Å². The van der Waals surface area contributed by atoms with Gasteiger partial charge in [-0.05, 0) is 35.0 Å². The minimum Gasteiger partial charge on any atom is -0.350 e. The van der Waals surface area contributed by atoms with Gasteiger partial charge in [-0.2, -0.15) is 10.1 Å². The van der Waals surface area contributed by atoms with Gasteiger partial charge >= 0.3 is 5.91 Å². The third kappa shape index (κ3) is 4.17. The molecule has 1 aliphatic heterocycles. The van der Waals surface area contributed by atoms with E-state index in [1.807, 2.05) is 60.7 Å². The van der Waals surface area contributed by atoms with Crippen LogP contribution < -0.4 is 15.6 Å². The number of anilines is 2. The van der Waals surface area contributed by atoms with Gasteiger partial charge in [0.05, 0.1) is 10.0 Å². The van der Waals surface area contributed by atoms with Gasteiger partial charge in [-0.3, -0.25) is 9.59 Å². The van der Waals surface area contributed by atoms with Crippen LogP contribution in [0.3, 0.4) is 0 Å². The molecular weight excluding hydrogens is 519 g/mol. The van der Waals surface area contributed by atoms with E-state index < -0.39 is 17.5 Å². The largest absolute Gasteiger partial charge is 0.350 e. The third-order valence-corrected chi connectivity index (χ3v) is 6.57. The van der Waals surface area contributed by atoms with Gasteiger partial charge < -0.3 is 10.6 Å². The van der Waals surface area contributed by atoms with Gasteiger partial charge in [-0.25, -0.2) is 0 Å². The number of para-hydroxylation sites is 1. The highest BCUT2D eigenvalue weighted by atomic mass is 35.5. The summed E-state index contributed by atoms with van der Waals surface area (Å²) < 4.78 is 0. The summed E-state index contributed by atoms with van der Waals surface area (Å²) in [5.74, 6) is -1.02. The second kappa shape index (κ2) is 9.47. The van der Waals surface area contributed by atoms with E-state index in [9.17, 15) is 9.59 Å². The fourth-order valence-electron chi connectivity index (χ4n) is 4.32. The first-order valence-electron chi connectivity index (χ1n) is 11.0. The molecule has 36 heavy (non-hydrogen) atoms. The van der Waals surface area contributed by atoms with Crippen molar-refractivity contribution in [1.82, 2.24) is 5.32 Å². The van der Waals surface area contributed by atoms with Gasteiger partial charge in [-0.1, -0.05) is 95.5 Å². The molecule has 0 bridgehead atoms. The van der Waals surface area contributed by atoms with Crippen LogP contribution in [0.4, 0.5) is 11.4 Å². The van der Waals surface area contributed by atoms with Gasteiger partial charge in [0.15, 0.2) is 0 Å². The molecule has 1 atom stereocenters. The number of hydrogen-bond donors (Lipinski definition) is 2. The molecule has 0 radical (unpaired) electrons. The first-order valence-corrected chi connectivity index (χ1v) is 12.1. The minimum absolute atomic E-state index is 0.139. The number of carbonyl (C=O) groups is 2. The van der Waals surface area contributed by atoms with Crippen LogP contribution in [0.25, 0.3) is 10.8 Å². The quantitative estimate of drug-likeness (QED) is 0.286.